The minimum atomic E-state index is -0.198. The van der Waals surface area contributed by atoms with Crippen LogP contribution < -0.4 is 10.6 Å². The van der Waals surface area contributed by atoms with E-state index in [2.05, 4.69) is 36.5 Å². The second-order valence-electron chi connectivity index (χ2n) is 5.58. The second kappa shape index (κ2) is 7.90. The number of aromatic nitrogens is 2. The Kier molecular flexibility index (Phi) is 5.40. The molecule has 0 atom stereocenters. The number of carbonyl (C=O) groups is 1. The van der Waals surface area contributed by atoms with Crippen molar-refractivity contribution >= 4 is 33.3 Å². The molecule has 2 aromatic heterocycles. The van der Waals surface area contributed by atoms with Crippen molar-refractivity contribution in [2.45, 2.75) is 13.5 Å². The average molecular weight is 397 g/mol. The molecule has 2 N–H and O–H groups in total. The number of hydrogen-bond donors (Lipinski definition) is 2. The zero-order valence-corrected chi connectivity index (χ0v) is 15.2. The van der Waals surface area contributed by atoms with Gasteiger partial charge in [0.1, 0.15) is 5.82 Å². The summed E-state index contributed by atoms with van der Waals surface area (Å²) in [6.45, 7) is 2.63. The summed E-state index contributed by atoms with van der Waals surface area (Å²) in [6, 6.07) is 13.2. The minimum Gasteiger partial charge on any atom is -0.366 e. The van der Waals surface area contributed by atoms with E-state index in [9.17, 15) is 4.79 Å². The van der Waals surface area contributed by atoms with Gasteiger partial charge in [0.05, 0.1) is 11.3 Å². The molecule has 0 fully saturated rings. The lowest BCUT2D eigenvalue weighted by atomic mass is 10.2. The molecule has 0 bridgehead atoms. The van der Waals surface area contributed by atoms with Crippen molar-refractivity contribution in [2.24, 2.45) is 0 Å². The minimum absolute atomic E-state index is 0.198. The summed E-state index contributed by atoms with van der Waals surface area (Å²) in [4.78, 5) is 20.7. The third-order valence-electron chi connectivity index (χ3n) is 3.59. The Morgan fingerprint density at radius 2 is 2.04 bits per heavy atom. The molecule has 1 aromatic carbocycles. The Morgan fingerprint density at radius 3 is 2.72 bits per heavy atom. The number of aryl methyl sites for hydroxylation is 1. The third-order valence-corrected chi connectivity index (χ3v) is 4.25. The normalized spacial score (nSPS) is 10.3. The van der Waals surface area contributed by atoms with Gasteiger partial charge < -0.3 is 10.6 Å². The zero-order valence-electron chi connectivity index (χ0n) is 13.7. The van der Waals surface area contributed by atoms with Crippen molar-refractivity contribution in [2.75, 3.05) is 10.6 Å². The Labute approximate surface area is 154 Å². The van der Waals surface area contributed by atoms with Crippen LogP contribution in [0.1, 0.15) is 21.5 Å². The quantitative estimate of drug-likeness (QED) is 0.669. The molecule has 0 saturated heterocycles. The first-order chi connectivity index (χ1) is 12.1. The average Bonchev–Trinajstić information content (AvgIpc) is 2.63. The van der Waals surface area contributed by atoms with Crippen molar-refractivity contribution < 1.29 is 4.79 Å². The maximum Gasteiger partial charge on any atom is 0.257 e. The van der Waals surface area contributed by atoms with Crippen LogP contribution >= 0.6 is 15.9 Å². The number of rotatable bonds is 5. The van der Waals surface area contributed by atoms with Crippen molar-refractivity contribution in [3.8, 4) is 0 Å². The fourth-order valence-corrected chi connectivity index (χ4v) is 2.84. The van der Waals surface area contributed by atoms with Gasteiger partial charge in [0.2, 0.25) is 0 Å². The molecule has 5 nitrogen and oxygen atoms in total. The number of halogens is 1. The van der Waals surface area contributed by atoms with E-state index < -0.39 is 0 Å². The fraction of sp³-hybridized carbons (Fsp3) is 0.105. The summed E-state index contributed by atoms with van der Waals surface area (Å²) in [5.41, 5.74) is 3.42. The Balaban J connectivity index is 1.62. The number of pyridine rings is 2. The maximum absolute atomic E-state index is 12.3. The van der Waals surface area contributed by atoms with Crippen molar-refractivity contribution in [1.29, 1.82) is 0 Å². The lowest BCUT2D eigenvalue weighted by Crippen LogP contribution is -2.13. The summed E-state index contributed by atoms with van der Waals surface area (Å²) in [6.07, 6.45) is 5.10. The molecule has 0 aliphatic carbocycles. The SMILES string of the molecule is Cc1ccc(NC(=O)c2ccc(NCc3cccnc3)nc2)c(Br)c1. The highest BCUT2D eigenvalue weighted by atomic mass is 79.9. The van der Waals surface area contributed by atoms with Crippen LogP contribution in [0.3, 0.4) is 0 Å². The van der Waals surface area contributed by atoms with Gasteiger partial charge in [-0.25, -0.2) is 4.98 Å². The van der Waals surface area contributed by atoms with Gasteiger partial charge in [-0.15, -0.1) is 0 Å². The van der Waals surface area contributed by atoms with Gasteiger partial charge in [-0.05, 0) is 64.3 Å². The van der Waals surface area contributed by atoms with Crippen LogP contribution in [0.4, 0.5) is 11.5 Å². The third kappa shape index (κ3) is 4.64. The number of amides is 1. The molecule has 1 amide bonds. The number of carbonyl (C=O) groups excluding carboxylic acids is 1. The van der Waals surface area contributed by atoms with E-state index in [0.29, 0.717) is 17.9 Å². The number of benzene rings is 1. The van der Waals surface area contributed by atoms with Crippen LogP contribution in [0.5, 0.6) is 0 Å². The molecule has 6 heteroatoms. The summed E-state index contributed by atoms with van der Waals surface area (Å²) in [7, 11) is 0. The van der Waals surface area contributed by atoms with Gasteiger partial charge in [0, 0.05) is 29.6 Å². The van der Waals surface area contributed by atoms with Gasteiger partial charge in [0.15, 0.2) is 0 Å². The van der Waals surface area contributed by atoms with E-state index in [4.69, 9.17) is 0 Å². The predicted octanol–water partition coefficient (Wildman–Crippen LogP) is 4.41. The van der Waals surface area contributed by atoms with Gasteiger partial charge in [-0.2, -0.15) is 0 Å². The van der Waals surface area contributed by atoms with E-state index >= 15 is 0 Å². The number of anilines is 2. The molecule has 0 aliphatic rings. The number of nitrogens with one attached hydrogen (secondary N) is 2. The number of nitrogens with zero attached hydrogens (tertiary/aromatic N) is 2. The molecule has 0 aliphatic heterocycles. The van der Waals surface area contributed by atoms with Gasteiger partial charge in [-0.1, -0.05) is 12.1 Å². The highest BCUT2D eigenvalue weighted by molar-refractivity contribution is 9.10. The van der Waals surface area contributed by atoms with E-state index in [1.165, 1.54) is 0 Å². The lowest BCUT2D eigenvalue weighted by molar-refractivity contribution is 0.102. The van der Waals surface area contributed by atoms with Crippen molar-refractivity contribution in [3.63, 3.8) is 0 Å². The first-order valence-corrected chi connectivity index (χ1v) is 8.57. The van der Waals surface area contributed by atoms with Crippen molar-refractivity contribution in [1.82, 2.24) is 9.97 Å². The molecule has 0 radical (unpaired) electrons. The molecule has 25 heavy (non-hydrogen) atoms. The van der Waals surface area contributed by atoms with Gasteiger partial charge >= 0.3 is 0 Å². The Morgan fingerprint density at radius 1 is 1.16 bits per heavy atom. The molecule has 2 heterocycles. The van der Waals surface area contributed by atoms with Gasteiger partial charge in [0.25, 0.3) is 5.91 Å². The molecule has 3 rings (SSSR count). The second-order valence-corrected chi connectivity index (χ2v) is 6.44. The first kappa shape index (κ1) is 17.1. The van der Waals surface area contributed by atoms with Crippen LogP contribution in [0.2, 0.25) is 0 Å². The van der Waals surface area contributed by atoms with E-state index in [0.717, 1.165) is 21.3 Å². The smallest absolute Gasteiger partial charge is 0.257 e. The summed E-state index contributed by atoms with van der Waals surface area (Å²) in [5.74, 6) is 0.507. The summed E-state index contributed by atoms with van der Waals surface area (Å²) in [5, 5.41) is 6.08. The highest BCUT2D eigenvalue weighted by Crippen LogP contribution is 2.24. The monoisotopic (exact) mass is 396 g/mol. The standard InChI is InChI=1S/C19H17BrN4O/c1-13-4-6-17(16(20)9-13)24-19(25)15-5-7-18(23-12-15)22-11-14-3-2-8-21-10-14/h2-10,12H,11H2,1H3,(H,22,23)(H,24,25). The van der Waals surface area contributed by atoms with Crippen LogP contribution in [0.15, 0.2) is 65.5 Å². The molecular weight excluding hydrogens is 380 g/mol. The lowest BCUT2D eigenvalue weighted by Gasteiger charge is -2.09. The largest absolute Gasteiger partial charge is 0.366 e. The molecule has 0 saturated carbocycles. The molecule has 0 spiro atoms. The topological polar surface area (TPSA) is 66.9 Å². The van der Waals surface area contributed by atoms with E-state index in [-0.39, 0.29) is 5.91 Å². The molecule has 3 aromatic rings. The maximum atomic E-state index is 12.3. The Hall–Kier alpha value is -2.73. The van der Waals surface area contributed by atoms with Crippen LogP contribution in [-0.4, -0.2) is 15.9 Å². The van der Waals surface area contributed by atoms with Crippen molar-refractivity contribution in [3.05, 3.63) is 82.2 Å². The molecule has 0 unspecified atom stereocenters. The molecular formula is C19H17BrN4O. The van der Waals surface area contributed by atoms with E-state index in [1.54, 1.807) is 30.7 Å². The van der Waals surface area contributed by atoms with Crippen LogP contribution in [-0.2, 0) is 6.54 Å². The zero-order chi connectivity index (χ0) is 17.6. The Bertz CT molecular complexity index is 866. The highest BCUT2D eigenvalue weighted by Gasteiger charge is 2.09. The van der Waals surface area contributed by atoms with Crippen LogP contribution in [0.25, 0.3) is 0 Å². The van der Waals surface area contributed by atoms with Gasteiger partial charge in [-0.3, -0.25) is 9.78 Å². The molecule has 126 valence electrons. The predicted molar refractivity (Wildman–Crippen MR) is 103 cm³/mol. The van der Waals surface area contributed by atoms with Crippen LogP contribution in [0, 0.1) is 6.92 Å². The number of hydrogen-bond acceptors (Lipinski definition) is 4. The van der Waals surface area contributed by atoms with E-state index in [1.807, 2.05) is 37.3 Å². The summed E-state index contributed by atoms with van der Waals surface area (Å²) >= 11 is 3.46. The fourth-order valence-electron chi connectivity index (χ4n) is 2.24. The first-order valence-electron chi connectivity index (χ1n) is 7.78. The summed E-state index contributed by atoms with van der Waals surface area (Å²) < 4.78 is 0.851.